The summed E-state index contributed by atoms with van der Waals surface area (Å²) in [4.78, 5) is 2.48. The summed E-state index contributed by atoms with van der Waals surface area (Å²) in [5.41, 5.74) is 2.45. The number of hydrogen-bond donors (Lipinski definition) is 0. The van der Waals surface area contributed by atoms with Crippen LogP contribution in [-0.2, 0) is 20.0 Å². The smallest absolute Gasteiger partial charge is 0.0767 e. The topological polar surface area (TPSA) is 21.1 Å². The molecule has 0 aliphatic heterocycles. The third-order valence-electron chi connectivity index (χ3n) is 3.15. The molecule has 0 unspecified atom stereocenters. The Labute approximate surface area is 113 Å². The molecule has 0 bridgehead atoms. The first-order chi connectivity index (χ1) is 8.13. The minimum Gasteiger partial charge on any atom is -0.298 e. The van der Waals surface area contributed by atoms with Gasteiger partial charge in [0.25, 0.3) is 0 Å². The molecule has 1 aromatic heterocycles. The summed E-state index contributed by atoms with van der Waals surface area (Å²) >= 11 is 3.68. The lowest BCUT2D eigenvalue weighted by Gasteiger charge is -2.20. The molecule has 98 valence electrons. The SMILES string of the molecule is CCCCN(CC)Cc1c(Br)c(CC)nn1C. The summed E-state index contributed by atoms with van der Waals surface area (Å²) in [7, 11) is 2.03. The Morgan fingerprint density at radius 1 is 1.29 bits per heavy atom. The van der Waals surface area contributed by atoms with Crippen molar-refractivity contribution < 1.29 is 0 Å². The van der Waals surface area contributed by atoms with Crippen LogP contribution in [0.1, 0.15) is 45.0 Å². The molecule has 0 N–H and O–H groups in total. The largest absolute Gasteiger partial charge is 0.298 e. The van der Waals surface area contributed by atoms with E-state index in [1.165, 1.54) is 29.6 Å². The van der Waals surface area contributed by atoms with E-state index >= 15 is 0 Å². The highest BCUT2D eigenvalue weighted by atomic mass is 79.9. The van der Waals surface area contributed by atoms with Gasteiger partial charge < -0.3 is 0 Å². The van der Waals surface area contributed by atoms with Gasteiger partial charge >= 0.3 is 0 Å². The van der Waals surface area contributed by atoms with Gasteiger partial charge in [-0.1, -0.05) is 27.2 Å². The molecule has 0 aliphatic carbocycles. The average molecular weight is 302 g/mol. The van der Waals surface area contributed by atoms with Crippen molar-refractivity contribution in [1.82, 2.24) is 14.7 Å². The highest BCUT2D eigenvalue weighted by molar-refractivity contribution is 9.10. The number of aryl methyl sites for hydroxylation is 2. The molecule has 0 aliphatic rings. The molecule has 0 spiro atoms. The second-order valence-electron chi connectivity index (χ2n) is 4.41. The first-order valence-electron chi connectivity index (χ1n) is 6.56. The predicted octanol–water partition coefficient (Wildman–Crippen LogP) is 3.37. The van der Waals surface area contributed by atoms with Gasteiger partial charge in [-0.2, -0.15) is 5.10 Å². The lowest BCUT2D eigenvalue weighted by molar-refractivity contribution is 0.267. The first-order valence-corrected chi connectivity index (χ1v) is 7.35. The van der Waals surface area contributed by atoms with Crippen molar-refractivity contribution in [2.45, 2.75) is 46.6 Å². The van der Waals surface area contributed by atoms with E-state index in [1.54, 1.807) is 0 Å². The zero-order chi connectivity index (χ0) is 12.8. The van der Waals surface area contributed by atoms with Crippen LogP contribution < -0.4 is 0 Å². The number of aromatic nitrogens is 2. The summed E-state index contributed by atoms with van der Waals surface area (Å²) in [6.45, 7) is 9.86. The number of rotatable bonds is 7. The molecule has 17 heavy (non-hydrogen) atoms. The number of hydrogen-bond acceptors (Lipinski definition) is 2. The second kappa shape index (κ2) is 7.17. The molecule has 4 heteroatoms. The molecule has 0 atom stereocenters. The Kier molecular flexibility index (Phi) is 6.20. The van der Waals surface area contributed by atoms with Crippen LogP contribution in [0.5, 0.6) is 0 Å². The molecule has 1 heterocycles. The fourth-order valence-corrected chi connectivity index (χ4v) is 2.68. The Morgan fingerprint density at radius 3 is 2.47 bits per heavy atom. The fraction of sp³-hybridized carbons (Fsp3) is 0.769. The third-order valence-corrected chi connectivity index (χ3v) is 4.07. The van der Waals surface area contributed by atoms with Crippen molar-refractivity contribution in [2.24, 2.45) is 7.05 Å². The van der Waals surface area contributed by atoms with Gasteiger partial charge in [0.15, 0.2) is 0 Å². The Hall–Kier alpha value is -0.350. The van der Waals surface area contributed by atoms with Gasteiger partial charge in [-0.15, -0.1) is 0 Å². The molecule has 0 fully saturated rings. The standard InChI is InChI=1S/C13H24BrN3/c1-5-8-9-17(7-3)10-12-13(14)11(6-2)15-16(12)4/h5-10H2,1-4H3. The maximum Gasteiger partial charge on any atom is 0.0767 e. The van der Waals surface area contributed by atoms with Crippen LogP contribution in [0.25, 0.3) is 0 Å². The Morgan fingerprint density at radius 2 is 2.00 bits per heavy atom. The van der Waals surface area contributed by atoms with Gasteiger partial charge in [-0.25, -0.2) is 0 Å². The van der Waals surface area contributed by atoms with Gasteiger partial charge in [-0.3, -0.25) is 9.58 Å². The van der Waals surface area contributed by atoms with Crippen molar-refractivity contribution in [3.63, 3.8) is 0 Å². The van der Waals surface area contributed by atoms with E-state index in [0.29, 0.717) is 0 Å². The average Bonchev–Trinajstić information content (AvgIpc) is 2.60. The van der Waals surface area contributed by atoms with Gasteiger partial charge in [0.2, 0.25) is 0 Å². The predicted molar refractivity (Wildman–Crippen MR) is 76.1 cm³/mol. The maximum atomic E-state index is 4.54. The van der Waals surface area contributed by atoms with Crippen LogP contribution in [0, 0.1) is 0 Å². The summed E-state index contributed by atoms with van der Waals surface area (Å²) in [5.74, 6) is 0. The van der Waals surface area contributed by atoms with Gasteiger partial charge in [0.1, 0.15) is 0 Å². The van der Waals surface area contributed by atoms with Crippen LogP contribution in [0.3, 0.4) is 0 Å². The molecule has 3 nitrogen and oxygen atoms in total. The molecule has 1 aromatic rings. The molecule has 1 rings (SSSR count). The van der Waals surface area contributed by atoms with Crippen molar-refractivity contribution in [3.05, 3.63) is 15.9 Å². The molecule has 0 amide bonds. The fourth-order valence-electron chi connectivity index (χ4n) is 1.93. The lowest BCUT2D eigenvalue weighted by Crippen LogP contribution is -2.25. The second-order valence-corrected chi connectivity index (χ2v) is 5.20. The molecular weight excluding hydrogens is 278 g/mol. The minimum absolute atomic E-state index is 0.982. The van der Waals surface area contributed by atoms with E-state index in [-0.39, 0.29) is 0 Å². The summed E-state index contributed by atoms with van der Waals surface area (Å²) < 4.78 is 3.20. The monoisotopic (exact) mass is 301 g/mol. The zero-order valence-corrected chi connectivity index (χ0v) is 13.0. The minimum atomic E-state index is 0.982. The molecule has 0 radical (unpaired) electrons. The van der Waals surface area contributed by atoms with Crippen LogP contribution in [0.2, 0.25) is 0 Å². The molecule has 0 aromatic carbocycles. The molecule has 0 saturated carbocycles. The Balaban J connectivity index is 2.75. The molecule has 0 saturated heterocycles. The number of nitrogens with zero attached hydrogens (tertiary/aromatic N) is 3. The van der Waals surface area contributed by atoms with E-state index < -0.39 is 0 Å². The maximum absolute atomic E-state index is 4.54. The normalized spacial score (nSPS) is 11.4. The van der Waals surface area contributed by atoms with Gasteiger partial charge in [-0.05, 0) is 41.9 Å². The van der Waals surface area contributed by atoms with Crippen molar-refractivity contribution in [2.75, 3.05) is 13.1 Å². The van der Waals surface area contributed by atoms with Crippen LogP contribution in [0.4, 0.5) is 0 Å². The van der Waals surface area contributed by atoms with E-state index in [4.69, 9.17) is 0 Å². The number of unbranched alkanes of at least 4 members (excludes halogenated alkanes) is 1. The van der Waals surface area contributed by atoms with Crippen LogP contribution in [-0.4, -0.2) is 27.8 Å². The van der Waals surface area contributed by atoms with E-state index in [0.717, 1.165) is 25.2 Å². The van der Waals surface area contributed by atoms with Gasteiger partial charge in [0, 0.05) is 13.6 Å². The Bertz CT molecular complexity index is 347. The zero-order valence-electron chi connectivity index (χ0n) is 11.5. The lowest BCUT2D eigenvalue weighted by atomic mass is 10.2. The quantitative estimate of drug-likeness (QED) is 0.770. The summed E-state index contributed by atoms with van der Waals surface area (Å²) in [6, 6.07) is 0. The van der Waals surface area contributed by atoms with Crippen LogP contribution in [0.15, 0.2) is 4.47 Å². The third kappa shape index (κ3) is 3.81. The van der Waals surface area contributed by atoms with E-state index in [9.17, 15) is 0 Å². The van der Waals surface area contributed by atoms with E-state index in [2.05, 4.69) is 46.7 Å². The van der Waals surface area contributed by atoms with Gasteiger partial charge in [0.05, 0.1) is 15.9 Å². The highest BCUT2D eigenvalue weighted by Gasteiger charge is 2.14. The number of halogens is 1. The van der Waals surface area contributed by atoms with Crippen molar-refractivity contribution in [3.8, 4) is 0 Å². The summed E-state index contributed by atoms with van der Waals surface area (Å²) in [5, 5.41) is 4.54. The first kappa shape index (κ1) is 14.7. The highest BCUT2D eigenvalue weighted by Crippen LogP contribution is 2.22. The van der Waals surface area contributed by atoms with E-state index in [1.807, 2.05) is 11.7 Å². The van der Waals surface area contributed by atoms with Crippen molar-refractivity contribution >= 4 is 15.9 Å². The van der Waals surface area contributed by atoms with Crippen molar-refractivity contribution in [1.29, 1.82) is 0 Å². The van der Waals surface area contributed by atoms with Crippen LogP contribution >= 0.6 is 15.9 Å². The summed E-state index contributed by atoms with van der Waals surface area (Å²) in [6.07, 6.45) is 3.50. The molecular formula is C13H24BrN3.